The predicted molar refractivity (Wildman–Crippen MR) is 59.4 cm³/mol. The number of ketones is 3. The van der Waals surface area contributed by atoms with Crippen molar-refractivity contribution in [1.29, 1.82) is 0 Å². The van der Waals surface area contributed by atoms with E-state index in [0.29, 0.717) is 12.7 Å². The third kappa shape index (κ3) is 2.39. The van der Waals surface area contributed by atoms with Crippen LogP contribution < -0.4 is 0 Å². The van der Waals surface area contributed by atoms with Crippen molar-refractivity contribution >= 4 is 35.3 Å². The molecule has 12 nitrogen and oxygen atoms in total. The van der Waals surface area contributed by atoms with Crippen LogP contribution in [0.15, 0.2) is 12.7 Å². The number of rotatable bonds is 7. The second kappa shape index (κ2) is 5.82. The molecule has 0 amide bonds. The minimum atomic E-state index is -3.74. The number of aromatic nitrogens is 3. The smallest absolute Gasteiger partial charge is 0.374 e. The zero-order chi connectivity index (χ0) is 17.1. The maximum absolute atomic E-state index is 11.8. The Balaban J connectivity index is 3.87. The molecule has 0 unspecified atom stereocenters. The van der Waals surface area contributed by atoms with Crippen LogP contribution in [0.25, 0.3) is 0 Å². The van der Waals surface area contributed by atoms with Gasteiger partial charge in [0.2, 0.25) is 5.41 Å². The number of nitrogens with zero attached hydrogens (tertiary/aromatic N) is 3. The molecule has 22 heavy (non-hydrogen) atoms. The van der Waals surface area contributed by atoms with Crippen molar-refractivity contribution in [2.24, 2.45) is 0 Å². The maximum Gasteiger partial charge on any atom is 0.374 e. The molecule has 0 saturated carbocycles. The molecule has 1 aromatic heterocycles. The molecule has 0 radical (unpaired) electrons. The van der Waals surface area contributed by atoms with Crippen LogP contribution in [-0.2, 0) is 34.2 Å². The molecule has 3 N–H and O–H groups in total. The molecule has 114 valence electrons. The monoisotopic (exact) mass is 311 g/mol. The van der Waals surface area contributed by atoms with E-state index in [0.717, 1.165) is 0 Å². The Morgan fingerprint density at radius 3 is 1.32 bits per heavy atom. The van der Waals surface area contributed by atoms with Crippen molar-refractivity contribution in [1.82, 2.24) is 15.0 Å². The summed E-state index contributed by atoms with van der Waals surface area (Å²) in [5, 5.41) is 26.2. The number of Topliss-reactive ketones (excluding diaryl/α,β-unsaturated/α-hetero) is 3. The molecule has 0 aliphatic carbocycles. The molecule has 0 aliphatic rings. The Morgan fingerprint density at radius 1 is 0.727 bits per heavy atom. The van der Waals surface area contributed by atoms with Crippen molar-refractivity contribution in [3.63, 3.8) is 0 Å². The van der Waals surface area contributed by atoms with Crippen molar-refractivity contribution in [3.8, 4) is 0 Å². The molecular formula is C10H5N3O9. The number of hydrogen-bond acceptors (Lipinski definition) is 9. The van der Waals surface area contributed by atoms with Crippen LogP contribution in [0.3, 0.4) is 0 Å². The van der Waals surface area contributed by atoms with E-state index < -0.39 is 46.5 Å². The highest BCUT2D eigenvalue weighted by molar-refractivity contribution is 6.63. The van der Waals surface area contributed by atoms with Crippen molar-refractivity contribution < 1.29 is 44.1 Å². The number of hydrogen-bond donors (Lipinski definition) is 3. The SMILES string of the molecule is O=C(O)C(=O)C(C(=O)C(=O)O)(C(=O)C(=O)O)c1ncncn1. The van der Waals surface area contributed by atoms with Gasteiger partial charge >= 0.3 is 17.9 Å². The minimum Gasteiger partial charge on any atom is -0.475 e. The van der Waals surface area contributed by atoms with Crippen LogP contribution in [0.2, 0.25) is 0 Å². The van der Waals surface area contributed by atoms with Gasteiger partial charge in [-0.2, -0.15) is 0 Å². The number of carboxylic acids is 3. The van der Waals surface area contributed by atoms with Gasteiger partial charge in [0.1, 0.15) is 12.7 Å². The van der Waals surface area contributed by atoms with Gasteiger partial charge in [0.15, 0.2) is 5.82 Å². The second-order valence-corrected chi connectivity index (χ2v) is 3.61. The summed E-state index contributed by atoms with van der Waals surface area (Å²) >= 11 is 0. The Kier molecular flexibility index (Phi) is 4.36. The maximum atomic E-state index is 11.8. The first-order chi connectivity index (χ1) is 10.2. The second-order valence-electron chi connectivity index (χ2n) is 3.61. The summed E-state index contributed by atoms with van der Waals surface area (Å²) in [4.78, 5) is 77.6. The van der Waals surface area contributed by atoms with Gasteiger partial charge in [0.05, 0.1) is 0 Å². The summed E-state index contributed by atoms with van der Waals surface area (Å²) < 4.78 is 0. The van der Waals surface area contributed by atoms with Crippen LogP contribution in [0.4, 0.5) is 0 Å². The lowest BCUT2D eigenvalue weighted by Crippen LogP contribution is -2.58. The fourth-order valence-electron chi connectivity index (χ4n) is 1.53. The van der Waals surface area contributed by atoms with Crippen LogP contribution in [-0.4, -0.2) is 65.5 Å². The first kappa shape index (κ1) is 16.5. The quantitative estimate of drug-likeness (QED) is 0.342. The highest BCUT2D eigenvalue weighted by Crippen LogP contribution is 2.26. The summed E-state index contributed by atoms with van der Waals surface area (Å²) in [5.74, 6) is -15.4. The van der Waals surface area contributed by atoms with E-state index in [1.807, 2.05) is 0 Å². The van der Waals surface area contributed by atoms with E-state index in [-0.39, 0.29) is 0 Å². The molecule has 12 heteroatoms. The van der Waals surface area contributed by atoms with E-state index in [9.17, 15) is 28.8 Å². The standard InChI is InChI=1S/C10H5N3O9/c14-3(6(17)18)10(4(15)7(19)20,5(16)8(21)22)9-12-1-11-2-13-9/h1-2H,(H,17,18)(H,19,20)(H,21,22). The molecule has 0 aromatic carbocycles. The van der Waals surface area contributed by atoms with Gasteiger partial charge in [-0.1, -0.05) is 0 Å². The Bertz CT molecular complexity index is 632. The van der Waals surface area contributed by atoms with Gasteiger partial charge in [-0.25, -0.2) is 29.3 Å². The lowest BCUT2D eigenvalue weighted by molar-refractivity contribution is -0.165. The molecule has 1 aromatic rings. The summed E-state index contributed by atoms with van der Waals surface area (Å²) in [6.07, 6.45) is 1.24. The van der Waals surface area contributed by atoms with Crippen molar-refractivity contribution in [2.45, 2.75) is 5.41 Å². The molecule has 0 aliphatic heterocycles. The van der Waals surface area contributed by atoms with E-state index in [2.05, 4.69) is 15.0 Å². The first-order valence-corrected chi connectivity index (χ1v) is 5.13. The fraction of sp³-hybridized carbons (Fsp3) is 0.100. The molecular weight excluding hydrogens is 306 g/mol. The van der Waals surface area contributed by atoms with Crippen LogP contribution in [0, 0.1) is 0 Å². The number of carbonyl (C=O) groups is 6. The van der Waals surface area contributed by atoms with Gasteiger partial charge < -0.3 is 15.3 Å². The molecule has 0 fully saturated rings. The van der Waals surface area contributed by atoms with Gasteiger partial charge in [0, 0.05) is 0 Å². The Hall–Kier alpha value is -3.57. The van der Waals surface area contributed by atoms with Gasteiger partial charge in [-0.3, -0.25) is 14.4 Å². The third-order valence-corrected chi connectivity index (χ3v) is 2.43. The van der Waals surface area contributed by atoms with Gasteiger partial charge in [-0.15, -0.1) is 0 Å². The summed E-state index contributed by atoms with van der Waals surface area (Å²) in [6.45, 7) is 0. The van der Waals surface area contributed by atoms with Gasteiger partial charge in [-0.05, 0) is 0 Å². The van der Waals surface area contributed by atoms with Crippen molar-refractivity contribution in [3.05, 3.63) is 18.5 Å². The van der Waals surface area contributed by atoms with E-state index in [1.54, 1.807) is 0 Å². The van der Waals surface area contributed by atoms with Crippen LogP contribution in [0.5, 0.6) is 0 Å². The molecule has 0 saturated heterocycles. The van der Waals surface area contributed by atoms with E-state index in [4.69, 9.17) is 15.3 Å². The lowest BCUT2D eigenvalue weighted by atomic mass is 9.74. The zero-order valence-corrected chi connectivity index (χ0v) is 10.3. The fourth-order valence-corrected chi connectivity index (χ4v) is 1.53. The summed E-state index contributed by atoms with van der Waals surface area (Å²) in [7, 11) is 0. The molecule has 1 heterocycles. The van der Waals surface area contributed by atoms with Crippen LogP contribution in [0.1, 0.15) is 5.82 Å². The van der Waals surface area contributed by atoms with Crippen LogP contribution >= 0.6 is 0 Å². The third-order valence-electron chi connectivity index (χ3n) is 2.43. The van der Waals surface area contributed by atoms with E-state index >= 15 is 0 Å². The average molecular weight is 311 g/mol. The summed E-state index contributed by atoms with van der Waals surface area (Å²) in [5.41, 5.74) is -3.74. The first-order valence-electron chi connectivity index (χ1n) is 5.13. The largest absolute Gasteiger partial charge is 0.475 e. The molecule has 0 bridgehead atoms. The highest BCUT2D eigenvalue weighted by Gasteiger charge is 2.63. The predicted octanol–water partition coefficient (Wildman–Crippen LogP) is -2.93. The lowest BCUT2D eigenvalue weighted by Gasteiger charge is -2.21. The molecule has 1 rings (SSSR count). The number of carbonyl (C=O) groups excluding carboxylic acids is 3. The zero-order valence-electron chi connectivity index (χ0n) is 10.3. The Morgan fingerprint density at radius 2 is 1.05 bits per heavy atom. The van der Waals surface area contributed by atoms with E-state index in [1.165, 1.54) is 0 Å². The minimum absolute atomic E-state index is 0.622. The van der Waals surface area contributed by atoms with Gasteiger partial charge in [0.25, 0.3) is 17.3 Å². The highest BCUT2D eigenvalue weighted by atomic mass is 16.4. The number of aliphatic carboxylic acids is 3. The topological polar surface area (TPSA) is 202 Å². The summed E-state index contributed by atoms with van der Waals surface area (Å²) in [6, 6.07) is 0. The molecule has 0 atom stereocenters. The Labute approximate surface area is 119 Å². The van der Waals surface area contributed by atoms with Crippen molar-refractivity contribution in [2.75, 3.05) is 0 Å². The average Bonchev–Trinajstić information content (AvgIpc) is 2.48. The number of carboxylic acid groups (broad SMARTS) is 3. The molecule has 0 spiro atoms. The normalized spacial score (nSPS) is 10.5.